The van der Waals surface area contributed by atoms with E-state index in [0.29, 0.717) is 42.2 Å². The van der Waals surface area contributed by atoms with Crippen molar-refractivity contribution in [2.75, 3.05) is 12.3 Å². The SMILES string of the molecule is CCCc1c(OCc2cccc(C(OC3CCCCO3)c3cccc(N)c3)c2)ccc(C(C)=O)c1O. The molecule has 1 fully saturated rings. The van der Waals surface area contributed by atoms with Crippen molar-refractivity contribution >= 4 is 11.5 Å². The number of aromatic hydroxyl groups is 1. The summed E-state index contributed by atoms with van der Waals surface area (Å²) in [5, 5.41) is 10.7. The molecule has 6 nitrogen and oxygen atoms in total. The zero-order valence-electron chi connectivity index (χ0n) is 21.0. The summed E-state index contributed by atoms with van der Waals surface area (Å²) in [7, 11) is 0. The largest absolute Gasteiger partial charge is 0.507 e. The summed E-state index contributed by atoms with van der Waals surface area (Å²) >= 11 is 0. The van der Waals surface area contributed by atoms with Crippen LogP contribution in [0, 0.1) is 0 Å². The minimum Gasteiger partial charge on any atom is -0.507 e. The molecule has 190 valence electrons. The Kier molecular flexibility index (Phi) is 8.62. The molecule has 1 heterocycles. The number of ether oxygens (including phenoxy) is 3. The number of Topliss-reactive ketones (excluding diaryl/α,β-unsaturated/α-hetero) is 1. The van der Waals surface area contributed by atoms with Gasteiger partial charge < -0.3 is 25.1 Å². The fraction of sp³-hybridized carbons (Fsp3) is 0.367. The average molecular weight is 490 g/mol. The van der Waals surface area contributed by atoms with Crippen LogP contribution in [0.25, 0.3) is 0 Å². The van der Waals surface area contributed by atoms with Crippen molar-refractivity contribution in [3.05, 3.63) is 88.5 Å². The first-order chi connectivity index (χ1) is 17.5. The molecule has 0 saturated carbocycles. The van der Waals surface area contributed by atoms with Gasteiger partial charge in [-0.3, -0.25) is 4.79 Å². The molecule has 0 amide bonds. The molecule has 1 saturated heterocycles. The lowest BCUT2D eigenvalue weighted by Gasteiger charge is -2.28. The maximum atomic E-state index is 11.9. The van der Waals surface area contributed by atoms with Gasteiger partial charge in [0.15, 0.2) is 12.1 Å². The molecule has 2 unspecified atom stereocenters. The number of carbonyl (C=O) groups excluding carboxylic acids is 1. The van der Waals surface area contributed by atoms with E-state index < -0.39 is 0 Å². The first-order valence-corrected chi connectivity index (χ1v) is 12.7. The lowest BCUT2D eigenvalue weighted by atomic mass is 9.99. The predicted octanol–water partition coefficient (Wildman–Crippen LogP) is 6.34. The number of nitrogens with two attached hydrogens (primary N) is 1. The molecule has 3 aromatic rings. The molecule has 0 aromatic heterocycles. The number of nitrogen functional groups attached to an aromatic ring is 1. The second-order valence-corrected chi connectivity index (χ2v) is 9.26. The minimum absolute atomic E-state index is 0.0122. The molecular weight excluding hydrogens is 454 g/mol. The van der Waals surface area contributed by atoms with E-state index in [1.807, 2.05) is 49.4 Å². The van der Waals surface area contributed by atoms with Gasteiger partial charge >= 0.3 is 0 Å². The average Bonchev–Trinajstić information content (AvgIpc) is 2.88. The number of hydrogen-bond acceptors (Lipinski definition) is 6. The van der Waals surface area contributed by atoms with E-state index in [2.05, 4.69) is 6.07 Å². The Morgan fingerprint density at radius 2 is 1.89 bits per heavy atom. The molecule has 0 radical (unpaired) electrons. The van der Waals surface area contributed by atoms with E-state index in [9.17, 15) is 9.90 Å². The summed E-state index contributed by atoms with van der Waals surface area (Å²) < 4.78 is 18.5. The highest BCUT2D eigenvalue weighted by Crippen LogP contribution is 2.34. The highest BCUT2D eigenvalue weighted by Gasteiger charge is 2.23. The third kappa shape index (κ3) is 6.25. The summed E-state index contributed by atoms with van der Waals surface area (Å²) in [4.78, 5) is 11.9. The summed E-state index contributed by atoms with van der Waals surface area (Å²) in [6.07, 6.45) is 3.85. The summed E-state index contributed by atoms with van der Waals surface area (Å²) in [6.45, 7) is 4.50. The molecule has 0 spiro atoms. The van der Waals surface area contributed by atoms with E-state index >= 15 is 0 Å². The zero-order chi connectivity index (χ0) is 25.5. The van der Waals surface area contributed by atoms with E-state index in [0.717, 1.165) is 42.4 Å². The smallest absolute Gasteiger partial charge is 0.163 e. The third-order valence-corrected chi connectivity index (χ3v) is 6.41. The molecule has 0 aliphatic carbocycles. The van der Waals surface area contributed by atoms with Crippen molar-refractivity contribution in [3.8, 4) is 11.5 Å². The van der Waals surface area contributed by atoms with Crippen LogP contribution in [0.1, 0.15) is 78.2 Å². The van der Waals surface area contributed by atoms with Gasteiger partial charge in [-0.15, -0.1) is 0 Å². The van der Waals surface area contributed by atoms with Gasteiger partial charge in [-0.25, -0.2) is 0 Å². The molecule has 4 rings (SSSR count). The Hall–Kier alpha value is -3.35. The fourth-order valence-corrected chi connectivity index (χ4v) is 4.58. The van der Waals surface area contributed by atoms with E-state index in [4.69, 9.17) is 19.9 Å². The predicted molar refractivity (Wildman–Crippen MR) is 140 cm³/mol. The van der Waals surface area contributed by atoms with Gasteiger partial charge in [-0.2, -0.15) is 0 Å². The summed E-state index contributed by atoms with van der Waals surface area (Å²) in [5.74, 6) is 0.431. The number of phenolic OH excluding ortho intramolecular Hbond substituents is 1. The molecule has 6 heteroatoms. The highest BCUT2D eigenvalue weighted by molar-refractivity contribution is 5.97. The normalized spacial score (nSPS) is 16.4. The highest BCUT2D eigenvalue weighted by atomic mass is 16.7. The monoisotopic (exact) mass is 489 g/mol. The van der Waals surface area contributed by atoms with E-state index in [1.54, 1.807) is 12.1 Å². The molecule has 1 aliphatic heterocycles. The van der Waals surface area contributed by atoms with Crippen molar-refractivity contribution in [3.63, 3.8) is 0 Å². The summed E-state index contributed by atoms with van der Waals surface area (Å²) in [6, 6.07) is 19.2. The van der Waals surface area contributed by atoms with Crippen LogP contribution in [0.5, 0.6) is 11.5 Å². The number of phenols is 1. The van der Waals surface area contributed by atoms with Crippen LogP contribution in [0.2, 0.25) is 0 Å². The Morgan fingerprint density at radius 1 is 1.11 bits per heavy atom. The standard InChI is InChI=1S/C30H35NO5/c1-3-8-26-27(15-14-25(20(2)32)29(26)33)35-19-21-9-6-10-22(17-21)30(23-11-7-12-24(31)18-23)36-28-13-4-5-16-34-28/h6-7,9-12,14-15,17-18,28,30,33H,3-5,8,13,16,19,31H2,1-2H3. The van der Waals surface area contributed by atoms with Crippen LogP contribution >= 0.6 is 0 Å². The maximum Gasteiger partial charge on any atom is 0.163 e. The molecule has 2 atom stereocenters. The number of hydrogen-bond donors (Lipinski definition) is 2. The van der Waals surface area contributed by atoms with Gasteiger partial charge in [0.2, 0.25) is 0 Å². The maximum absolute atomic E-state index is 11.9. The topological polar surface area (TPSA) is 91.0 Å². The van der Waals surface area contributed by atoms with Crippen LogP contribution in [0.15, 0.2) is 60.7 Å². The molecule has 1 aliphatic rings. The Bertz CT molecular complexity index is 1190. The number of ketones is 1. The quantitative estimate of drug-likeness (QED) is 0.255. The van der Waals surface area contributed by atoms with Crippen LogP contribution < -0.4 is 10.5 Å². The van der Waals surface area contributed by atoms with Crippen LogP contribution in [0.4, 0.5) is 5.69 Å². The van der Waals surface area contributed by atoms with Crippen molar-refractivity contribution in [2.45, 2.75) is 65.0 Å². The molecule has 36 heavy (non-hydrogen) atoms. The second kappa shape index (κ2) is 12.1. The van der Waals surface area contributed by atoms with Gasteiger partial charge in [-0.1, -0.05) is 43.7 Å². The van der Waals surface area contributed by atoms with Crippen molar-refractivity contribution < 1.29 is 24.1 Å². The van der Waals surface area contributed by atoms with Gasteiger partial charge in [0.1, 0.15) is 24.2 Å². The molecule has 0 bridgehead atoms. The van der Waals surface area contributed by atoms with Crippen molar-refractivity contribution in [1.29, 1.82) is 0 Å². The minimum atomic E-state index is -0.328. The summed E-state index contributed by atoms with van der Waals surface area (Å²) in [5.41, 5.74) is 10.7. The first kappa shape index (κ1) is 25.7. The number of benzene rings is 3. The Labute approximate surface area is 213 Å². The lowest BCUT2D eigenvalue weighted by Crippen LogP contribution is -2.25. The Balaban J connectivity index is 1.58. The van der Waals surface area contributed by atoms with Gasteiger partial charge in [-0.05, 0) is 79.6 Å². The second-order valence-electron chi connectivity index (χ2n) is 9.26. The van der Waals surface area contributed by atoms with Crippen molar-refractivity contribution in [1.82, 2.24) is 0 Å². The molecule has 3 N–H and O–H groups in total. The first-order valence-electron chi connectivity index (χ1n) is 12.7. The van der Waals surface area contributed by atoms with Gasteiger partial charge in [0, 0.05) is 17.9 Å². The fourth-order valence-electron chi connectivity index (χ4n) is 4.58. The lowest BCUT2D eigenvalue weighted by molar-refractivity contribution is -0.181. The zero-order valence-corrected chi connectivity index (χ0v) is 21.0. The van der Waals surface area contributed by atoms with Crippen LogP contribution in [-0.2, 0) is 22.5 Å². The van der Waals surface area contributed by atoms with E-state index in [1.165, 1.54) is 6.92 Å². The number of anilines is 1. The molecule has 3 aromatic carbocycles. The third-order valence-electron chi connectivity index (χ3n) is 6.41. The Morgan fingerprint density at radius 3 is 2.58 bits per heavy atom. The van der Waals surface area contributed by atoms with E-state index in [-0.39, 0.29) is 23.9 Å². The number of rotatable bonds is 10. The molecular formula is C30H35NO5. The van der Waals surface area contributed by atoms with Crippen molar-refractivity contribution in [2.24, 2.45) is 0 Å². The van der Waals surface area contributed by atoms with Gasteiger partial charge in [0.05, 0.1) is 5.56 Å². The van der Waals surface area contributed by atoms with Gasteiger partial charge in [0.25, 0.3) is 0 Å². The van der Waals surface area contributed by atoms with Crippen LogP contribution in [-0.4, -0.2) is 23.8 Å². The number of carbonyl (C=O) groups is 1. The van der Waals surface area contributed by atoms with Crippen LogP contribution in [0.3, 0.4) is 0 Å².